The number of aliphatic hydroxyl groups excluding tert-OH is 1. The van der Waals surface area contributed by atoms with Gasteiger partial charge in [0.25, 0.3) is 0 Å². The second-order valence-corrected chi connectivity index (χ2v) is 6.08. The molecule has 3 N–H and O–H groups in total. The zero-order valence-electron chi connectivity index (χ0n) is 13.2. The second-order valence-electron chi connectivity index (χ2n) is 5.68. The maximum absolute atomic E-state index is 13.0. The Morgan fingerprint density at radius 3 is 2.79 bits per heavy atom. The molecule has 3 rings (SSSR count). The molecule has 1 aromatic rings. The minimum Gasteiger partial charge on any atom is -0.508 e. The first-order chi connectivity index (χ1) is 11.6. The van der Waals surface area contributed by atoms with E-state index in [1.807, 2.05) is 37.3 Å². The van der Waals surface area contributed by atoms with Crippen LogP contribution in [-0.2, 0) is 0 Å². The summed E-state index contributed by atoms with van der Waals surface area (Å²) in [7, 11) is 0. The first-order valence-electron chi connectivity index (χ1n) is 7.71. The van der Waals surface area contributed by atoms with Crippen molar-refractivity contribution in [2.75, 3.05) is 0 Å². The summed E-state index contributed by atoms with van der Waals surface area (Å²) in [6.45, 7) is 1.84. The predicted molar refractivity (Wildman–Crippen MR) is 98.7 cm³/mol. The van der Waals surface area contributed by atoms with Gasteiger partial charge in [0.2, 0.25) is 0 Å². The van der Waals surface area contributed by atoms with Crippen LogP contribution in [0.15, 0.2) is 77.2 Å². The summed E-state index contributed by atoms with van der Waals surface area (Å²) in [5, 5.41) is 16.6. The molecule has 1 aromatic carbocycles. The number of carbonyl (C=O) groups excluding carboxylic acids is 1. The van der Waals surface area contributed by atoms with Gasteiger partial charge in [0.15, 0.2) is 10.9 Å². The molecule has 1 heterocycles. The number of hydrogen-bond donors (Lipinski definition) is 3. The van der Waals surface area contributed by atoms with Gasteiger partial charge in [-0.3, -0.25) is 4.79 Å². The Balaban J connectivity index is 2.05. The summed E-state index contributed by atoms with van der Waals surface area (Å²) >= 11 is 5.25. The maximum atomic E-state index is 13.0. The van der Waals surface area contributed by atoms with Gasteiger partial charge in [-0.1, -0.05) is 42.5 Å². The SMILES string of the molecule is CC1=C(C(=O)c2ccccc2)C(C2=CCC=CC(O)=C2)NC(=S)N1. The summed E-state index contributed by atoms with van der Waals surface area (Å²) in [6, 6.07) is 8.75. The van der Waals surface area contributed by atoms with Crippen molar-refractivity contribution in [1.82, 2.24) is 10.6 Å². The van der Waals surface area contributed by atoms with Crippen LogP contribution in [0.25, 0.3) is 0 Å². The van der Waals surface area contributed by atoms with Crippen molar-refractivity contribution < 1.29 is 9.90 Å². The Morgan fingerprint density at radius 1 is 1.29 bits per heavy atom. The highest BCUT2D eigenvalue weighted by molar-refractivity contribution is 7.80. The number of hydrogen-bond acceptors (Lipinski definition) is 3. The fourth-order valence-corrected chi connectivity index (χ4v) is 3.13. The first kappa shape index (κ1) is 16.2. The molecular weight excluding hydrogens is 320 g/mol. The highest BCUT2D eigenvalue weighted by atomic mass is 32.1. The molecule has 2 aliphatic rings. The van der Waals surface area contributed by atoms with Crippen LogP contribution in [0.3, 0.4) is 0 Å². The van der Waals surface area contributed by atoms with E-state index in [2.05, 4.69) is 10.6 Å². The number of ketones is 1. The lowest BCUT2D eigenvalue weighted by atomic mass is 9.89. The smallest absolute Gasteiger partial charge is 0.193 e. The molecule has 1 atom stereocenters. The number of aliphatic hydroxyl groups is 1. The van der Waals surface area contributed by atoms with Gasteiger partial charge in [0.05, 0.1) is 6.04 Å². The molecule has 0 bridgehead atoms. The monoisotopic (exact) mass is 338 g/mol. The van der Waals surface area contributed by atoms with Gasteiger partial charge in [0, 0.05) is 16.8 Å². The van der Waals surface area contributed by atoms with Crippen LogP contribution in [0.1, 0.15) is 23.7 Å². The molecule has 4 nitrogen and oxygen atoms in total. The van der Waals surface area contributed by atoms with Crippen molar-refractivity contribution in [3.8, 4) is 0 Å². The number of rotatable bonds is 3. The van der Waals surface area contributed by atoms with Crippen molar-refractivity contribution in [3.63, 3.8) is 0 Å². The van der Waals surface area contributed by atoms with Crippen molar-refractivity contribution in [2.24, 2.45) is 0 Å². The fraction of sp³-hybridized carbons (Fsp3) is 0.158. The average molecular weight is 338 g/mol. The third kappa shape index (κ3) is 3.31. The molecule has 0 spiro atoms. The van der Waals surface area contributed by atoms with Gasteiger partial charge in [-0.2, -0.15) is 0 Å². The van der Waals surface area contributed by atoms with E-state index in [0.29, 0.717) is 22.7 Å². The van der Waals surface area contributed by atoms with E-state index in [-0.39, 0.29) is 11.5 Å². The molecule has 0 fully saturated rings. The lowest BCUT2D eigenvalue weighted by Crippen LogP contribution is -2.50. The minimum absolute atomic E-state index is 0.0633. The van der Waals surface area contributed by atoms with Gasteiger partial charge in [0.1, 0.15) is 5.76 Å². The van der Waals surface area contributed by atoms with Crippen molar-refractivity contribution in [3.05, 3.63) is 82.8 Å². The van der Waals surface area contributed by atoms with E-state index < -0.39 is 6.04 Å². The van der Waals surface area contributed by atoms with Gasteiger partial charge in [-0.05, 0) is 43.3 Å². The summed E-state index contributed by atoms with van der Waals surface area (Å²) in [4.78, 5) is 13.0. The predicted octanol–water partition coefficient (Wildman–Crippen LogP) is 3.32. The molecule has 1 aliphatic heterocycles. The Morgan fingerprint density at radius 2 is 2.04 bits per heavy atom. The number of nitrogens with one attached hydrogen (secondary N) is 2. The van der Waals surface area contributed by atoms with Crippen LogP contribution in [0.2, 0.25) is 0 Å². The van der Waals surface area contributed by atoms with Gasteiger partial charge < -0.3 is 15.7 Å². The Hall–Kier alpha value is -2.66. The molecule has 122 valence electrons. The van der Waals surface area contributed by atoms with Crippen LogP contribution in [-0.4, -0.2) is 22.0 Å². The van der Waals surface area contributed by atoms with Crippen molar-refractivity contribution in [1.29, 1.82) is 0 Å². The zero-order chi connectivity index (χ0) is 17.1. The lowest BCUT2D eigenvalue weighted by Gasteiger charge is -2.31. The molecule has 0 amide bonds. The fourth-order valence-electron chi connectivity index (χ4n) is 2.86. The van der Waals surface area contributed by atoms with Crippen LogP contribution < -0.4 is 10.6 Å². The van der Waals surface area contributed by atoms with Gasteiger partial charge >= 0.3 is 0 Å². The largest absolute Gasteiger partial charge is 0.508 e. The molecule has 0 aromatic heterocycles. The van der Waals surface area contributed by atoms with Crippen molar-refractivity contribution in [2.45, 2.75) is 19.4 Å². The standard InChI is InChI=1S/C19H18N2O2S/c1-12-16(18(23)13-7-3-2-4-8-13)17(21-19(24)20-12)14-9-5-6-10-15(22)11-14/h2-4,6-11,17,22H,5H2,1H3,(H2,20,21,24). The van der Waals surface area contributed by atoms with Gasteiger partial charge in [-0.25, -0.2) is 0 Å². The highest BCUT2D eigenvalue weighted by Gasteiger charge is 2.31. The van der Waals surface area contributed by atoms with E-state index >= 15 is 0 Å². The zero-order valence-corrected chi connectivity index (χ0v) is 14.1. The molecule has 1 aliphatic carbocycles. The van der Waals surface area contributed by atoms with Gasteiger partial charge in [-0.15, -0.1) is 0 Å². The summed E-state index contributed by atoms with van der Waals surface area (Å²) in [6.07, 6.45) is 7.85. The Labute approximate surface area is 146 Å². The minimum atomic E-state index is -0.395. The molecule has 24 heavy (non-hydrogen) atoms. The Bertz CT molecular complexity index is 804. The van der Waals surface area contributed by atoms with Crippen LogP contribution >= 0.6 is 12.2 Å². The van der Waals surface area contributed by atoms with E-state index in [4.69, 9.17) is 12.2 Å². The van der Waals surface area contributed by atoms with E-state index in [0.717, 1.165) is 11.3 Å². The molecule has 1 unspecified atom stereocenters. The number of thiocarbonyl (C=S) groups is 1. The van der Waals surface area contributed by atoms with E-state index in [1.54, 1.807) is 24.3 Å². The van der Waals surface area contributed by atoms with Crippen molar-refractivity contribution >= 4 is 23.1 Å². The topological polar surface area (TPSA) is 61.4 Å². The Kier molecular flexibility index (Phi) is 4.62. The third-order valence-electron chi connectivity index (χ3n) is 3.98. The van der Waals surface area contributed by atoms with E-state index in [9.17, 15) is 9.90 Å². The molecule has 0 saturated carbocycles. The highest BCUT2D eigenvalue weighted by Crippen LogP contribution is 2.25. The summed E-state index contributed by atoms with van der Waals surface area (Å²) < 4.78 is 0. The second kappa shape index (κ2) is 6.84. The molecule has 0 saturated heterocycles. The van der Waals surface area contributed by atoms with Crippen LogP contribution in [0, 0.1) is 0 Å². The number of benzene rings is 1. The lowest BCUT2D eigenvalue weighted by molar-refractivity contribution is 0.102. The number of allylic oxidation sites excluding steroid dienone is 4. The van der Waals surface area contributed by atoms with Crippen LogP contribution in [0.4, 0.5) is 0 Å². The number of Topliss-reactive ketones (excluding diaryl/α,β-unsaturated/α-hetero) is 1. The molecule has 5 heteroatoms. The average Bonchev–Trinajstić information content (AvgIpc) is 2.79. The maximum Gasteiger partial charge on any atom is 0.193 e. The van der Waals surface area contributed by atoms with Crippen LogP contribution in [0.5, 0.6) is 0 Å². The first-order valence-corrected chi connectivity index (χ1v) is 8.12. The third-order valence-corrected chi connectivity index (χ3v) is 4.20. The molecule has 0 radical (unpaired) electrons. The quantitative estimate of drug-likeness (QED) is 0.583. The summed E-state index contributed by atoms with van der Waals surface area (Å²) in [5.41, 5.74) is 2.77. The number of carbonyl (C=O) groups is 1. The van der Waals surface area contributed by atoms with E-state index in [1.165, 1.54) is 0 Å². The summed E-state index contributed by atoms with van der Waals surface area (Å²) in [5.74, 6) is 0.0979. The molecular formula is C19H18N2O2S. The normalized spacial score (nSPS) is 20.5.